The maximum absolute atomic E-state index is 5.90. The second-order valence-corrected chi connectivity index (χ2v) is 7.33. The van der Waals surface area contributed by atoms with Gasteiger partial charge in [-0.25, -0.2) is 0 Å². The van der Waals surface area contributed by atoms with Crippen molar-refractivity contribution in [3.05, 3.63) is 0 Å². The van der Waals surface area contributed by atoms with Crippen LogP contribution in [0.5, 0.6) is 0 Å². The molecule has 1 saturated heterocycles. The summed E-state index contributed by atoms with van der Waals surface area (Å²) in [6.07, 6.45) is 0.739. The molecule has 0 aliphatic carbocycles. The first-order chi connectivity index (χ1) is 5.43. The van der Waals surface area contributed by atoms with E-state index in [1.54, 1.807) is 0 Å². The lowest BCUT2D eigenvalue weighted by atomic mass is 10.0. The van der Waals surface area contributed by atoms with Crippen molar-refractivity contribution in [2.24, 2.45) is 0 Å². The molecule has 0 aromatic carbocycles. The van der Waals surface area contributed by atoms with Gasteiger partial charge in [-0.05, 0) is 34.6 Å². The molecule has 0 spiro atoms. The molecule has 0 unspecified atom stereocenters. The summed E-state index contributed by atoms with van der Waals surface area (Å²) in [6, 6.07) is 0. The highest BCUT2D eigenvalue weighted by molar-refractivity contribution is 8.77. The maximum atomic E-state index is 5.90. The molecule has 0 amide bonds. The van der Waals surface area contributed by atoms with Crippen molar-refractivity contribution in [2.75, 3.05) is 0 Å². The van der Waals surface area contributed by atoms with Crippen LogP contribution in [-0.2, 0) is 4.74 Å². The standard InChI is InChI=1S/C9H18OS2/c1-6(2)10-8-7(3)11-12-9(8,4)5/h6-8H,1-5H3/t7-,8+/m1/s1. The second kappa shape index (κ2) is 3.81. The molecule has 0 bridgehead atoms. The fraction of sp³-hybridized carbons (Fsp3) is 1.00. The van der Waals surface area contributed by atoms with Crippen LogP contribution in [0.3, 0.4) is 0 Å². The fourth-order valence-electron chi connectivity index (χ4n) is 1.43. The minimum absolute atomic E-state index is 0.272. The van der Waals surface area contributed by atoms with Gasteiger partial charge in [-0.1, -0.05) is 21.6 Å². The summed E-state index contributed by atoms with van der Waals surface area (Å²) in [5.41, 5.74) is 0. The molecule has 1 nitrogen and oxygen atoms in total. The Balaban J connectivity index is 2.59. The first-order valence-corrected chi connectivity index (χ1v) is 6.64. The van der Waals surface area contributed by atoms with E-state index in [9.17, 15) is 0 Å². The van der Waals surface area contributed by atoms with E-state index in [0.717, 1.165) is 0 Å². The molecule has 1 rings (SSSR count). The molecule has 12 heavy (non-hydrogen) atoms. The average Bonchev–Trinajstić information content (AvgIpc) is 2.15. The Morgan fingerprint density at radius 3 is 2.25 bits per heavy atom. The smallest absolute Gasteiger partial charge is 0.0852 e. The summed E-state index contributed by atoms with van der Waals surface area (Å²) in [4.78, 5) is 0. The van der Waals surface area contributed by atoms with Crippen LogP contribution in [0.4, 0.5) is 0 Å². The van der Waals surface area contributed by atoms with Crippen molar-refractivity contribution in [3.63, 3.8) is 0 Å². The number of ether oxygens (including phenoxy) is 1. The van der Waals surface area contributed by atoms with E-state index in [-0.39, 0.29) is 4.75 Å². The van der Waals surface area contributed by atoms with Crippen molar-refractivity contribution in [2.45, 2.75) is 56.8 Å². The molecule has 0 N–H and O–H groups in total. The SMILES string of the molecule is CC(C)O[C@H]1[C@@H](C)SSC1(C)C. The zero-order valence-corrected chi connectivity index (χ0v) is 10.1. The van der Waals surface area contributed by atoms with Crippen molar-refractivity contribution < 1.29 is 4.74 Å². The van der Waals surface area contributed by atoms with Crippen molar-refractivity contribution in [3.8, 4) is 0 Å². The Labute approximate surface area is 83.4 Å². The summed E-state index contributed by atoms with van der Waals surface area (Å²) < 4.78 is 6.17. The Kier molecular flexibility index (Phi) is 3.41. The van der Waals surface area contributed by atoms with Crippen molar-refractivity contribution in [1.29, 1.82) is 0 Å². The zero-order valence-electron chi connectivity index (χ0n) is 8.46. The molecule has 1 aliphatic rings. The monoisotopic (exact) mass is 206 g/mol. The molecule has 3 heteroatoms. The van der Waals surface area contributed by atoms with E-state index in [4.69, 9.17) is 4.74 Å². The van der Waals surface area contributed by atoms with E-state index < -0.39 is 0 Å². The van der Waals surface area contributed by atoms with Gasteiger partial charge in [-0.2, -0.15) is 0 Å². The molecule has 72 valence electrons. The lowest BCUT2D eigenvalue weighted by Crippen LogP contribution is -2.38. The largest absolute Gasteiger partial charge is 0.373 e. The van der Waals surface area contributed by atoms with E-state index in [0.29, 0.717) is 17.5 Å². The minimum atomic E-state index is 0.272. The summed E-state index contributed by atoms with van der Waals surface area (Å²) in [6.45, 7) is 11.0. The predicted octanol–water partition coefficient (Wildman–Crippen LogP) is 3.34. The highest BCUT2D eigenvalue weighted by Gasteiger charge is 2.42. The number of hydrogen-bond donors (Lipinski definition) is 0. The first-order valence-electron chi connectivity index (χ1n) is 4.43. The van der Waals surface area contributed by atoms with Gasteiger partial charge < -0.3 is 4.74 Å². The molecule has 0 aromatic rings. The van der Waals surface area contributed by atoms with Gasteiger partial charge in [0.1, 0.15) is 0 Å². The fourth-order valence-corrected chi connectivity index (χ4v) is 4.56. The average molecular weight is 206 g/mol. The molecule has 1 heterocycles. The summed E-state index contributed by atoms with van der Waals surface area (Å²) in [7, 11) is 3.90. The second-order valence-electron chi connectivity index (χ2n) is 4.09. The number of rotatable bonds is 2. The van der Waals surface area contributed by atoms with Gasteiger partial charge in [0.25, 0.3) is 0 Å². The van der Waals surface area contributed by atoms with Crippen LogP contribution in [0.2, 0.25) is 0 Å². The van der Waals surface area contributed by atoms with Crippen LogP contribution in [-0.4, -0.2) is 22.2 Å². The van der Waals surface area contributed by atoms with Crippen LogP contribution >= 0.6 is 21.6 Å². The van der Waals surface area contributed by atoms with E-state index >= 15 is 0 Å². The third kappa shape index (κ3) is 2.33. The first kappa shape index (κ1) is 10.7. The molecular formula is C9H18OS2. The Morgan fingerprint density at radius 2 is 1.92 bits per heavy atom. The summed E-state index contributed by atoms with van der Waals surface area (Å²) in [5, 5.41) is 0.618. The third-order valence-corrected chi connectivity index (χ3v) is 5.74. The number of hydrogen-bond acceptors (Lipinski definition) is 3. The molecule has 1 fully saturated rings. The Morgan fingerprint density at radius 1 is 1.33 bits per heavy atom. The van der Waals surface area contributed by atoms with Crippen LogP contribution < -0.4 is 0 Å². The predicted molar refractivity (Wildman–Crippen MR) is 58.7 cm³/mol. The van der Waals surface area contributed by atoms with Gasteiger partial charge in [0.05, 0.1) is 12.2 Å². The van der Waals surface area contributed by atoms with E-state index in [1.807, 2.05) is 21.6 Å². The molecular weight excluding hydrogens is 188 g/mol. The van der Waals surface area contributed by atoms with E-state index in [2.05, 4.69) is 34.6 Å². The van der Waals surface area contributed by atoms with Crippen LogP contribution in [0.1, 0.15) is 34.6 Å². The Bertz CT molecular complexity index is 157. The van der Waals surface area contributed by atoms with Crippen LogP contribution in [0.15, 0.2) is 0 Å². The van der Waals surface area contributed by atoms with Gasteiger partial charge in [0, 0.05) is 10.00 Å². The minimum Gasteiger partial charge on any atom is -0.373 e. The van der Waals surface area contributed by atoms with Crippen molar-refractivity contribution in [1.82, 2.24) is 0 Å². The van der Waals surface area contributed by atoms with Gasteiger partial charge in [0.15, 0.2) is 0 Å². The molecule has 0 saturated carbocycles. The Hall–Kier alpha value is 0.660. The molecule has 0 radical (unpaired) electrons. The lowest BCUT2D eigenvalue weighted by Gasteiger charge is -2.28. The maximum Gasteiger partial charge on any atom is 0.0852 e. The third-order valence-electron chi connectivity index (χ3n) is 1.94. The summed E-state index contributed by atoms with van der Waals surface area (Å²) in [5.74, 6) is 0. The van der Waals surface area contributed by atoms with Crippen LogP contribution in [0.25, 0.3) is 0 Å². The van der Waals surface area contributed by atoms with Gasteiger partial charge in [-0.3, -0.25) is 0 Å². The topological polar surface area (TPSA) is 9.23 Å². The van der Waals surface area contributed by atoms with Crippen LogP contribution in [0, 0.1) is 0 Å². The zero-order chi connectivity index (χ0) is 9.35. The molecule has 1 aliphatic heterocycles. The summed E-state index contributed by atoms with van der Waals surface area (Å²) >= 11 is 0. The molecule has 2 atom stereocenters. The normalized spacial score (nSPS) is 34.5. The molecule has 0 aromatic heterocycles. The van der Waals surface area contributed by atoms with Gasteiger partial charge in [0.2, 0.25) is 0 Å². The lowest BCUT2D eigenvalue weighted by molar-refractivity contribution is -0.00488. The highest BCUT2D eigenvalue weighted by Crippen LogP contribution is 2.52. The highest BCUT2D eigenvalue weighted by atomic mass is 33.1. The van der Waals surface area contributed by atoms with Gasteiger partial charge >= 0.3 is 0 Å². The van der Waals surface area contributed by atoms with E-state index in [1.165, 1.54) is 0 Å². The van der Waals surface area contributed by atoms with Crippen molar-refractivity contribution >= 4 is 21.6 Å². The van der Waals surface area contributed by atoms with Gasteiger partial charge in [-0.15, -0.1) is 0 Å². The quantitative estimate of drug-likeness (QED) is 0.641.